The lowest BCUT2D eigenvalue weighted by Gasteiger charge is -2.36. The van der Waals surface area contributed by atoms with Crippen molar-refractivity contribution in [2.75, 3.05) is 0 Å². The van der Waals surface area contributed by atoms with E-state index in [1.807, 2.05) is 0 Å². The summed E-state index contributed by atoms with van der Waals surface area (Å²) in [6, 6.07) is 6.99. The first-order valence-electron chi connectivity index (χ1n) is 8.86. The van der Waals surface area contributed by atoms with Crippen molar-refractivity contribution in [3.8, 4) is 5.75 Å². The van der Waals surface area contributed by atoms with Gasteiger partial charge in [-0.15, -0.1) is 0 Å². The lowest BCUT2D eigenvalue weighted by Crippen LogP contribution is -2.43. The zero-order valence-corrected chi connectivity index (χ0v) is 18.2. The second-order valence-electron chi connectivity index (χ2n) is 9.11. The Labute approximate surface area is 157 Å². The molecule has 0 aliphatic carbocycles. The Morgan fingerprint density at radius 2 is 1.54 bits per heavy atom. The van der Waals surface area contributed by atoms with Gasteiger partial charge in [0.2, 0.25) is 8.32 Å². The Balaban J connectivity index is 2.93. The van der Waals surface area contributed by atoms with Gasteiger partial charge in [0.1, 0.15) is 11.4 Å². The van der Waals surface area contributed by atoms with E-state index >= 15 is 0 Å². The molecule has 0 heterocycles. The molecule has 1 aromatic rings. The third kappa shape index (κ3) is 6.48. The smallest absolute Gasteiger partial charge is 0.311 e. The van der Waals surface area contributed by atoms with Gasteiger partial charge in [-0.05, 0) is 56.6 Å². The summed E-state index contributed by atoms with van der Waals surface area (Å²) in [6.45, 7) is 16.1. The minimum absolute atomic E-state index is 0.0754. The van der Waals surface area contributed by atoms with E-state index in [0.717, 1.165) is 5.75 Å². The number of aliphatic carboxylic acids is 1. The van der Waals surface area contributed by atoms with Crippen LogP contribution in [0.1, 0.15) is 59.4 Å². The number of hydrogen-bond acceptors (Lipinski definition) is 4. The summed E-state index contributed by atoms with van der Waals surface area (Å²) in [7, 11) is -1.96. The van der Waals surface area contributed by atoms with Gasteiger partial charge in [-0.1, -0.05) is 32.9 Å². The molecule has 26 heavy (non-hydrogen) atoms. The molecular weight excluding hydrogens is 348 g/mol. The third-order valence-corrected chi connectivity index (χ3v) is 8.91. The van der Waals surface area contributed by atoms with E-state index in [1.165, 1.54) is 0 Å². The summed E-state index contributed by atoms with van der Waals surface area (Å²) in [5.74, 6) is -1.78. The number of benzene rings is 1. The van der Waals surface area contributed by atoms with Gasteiger partial charge >= 0.3 is 11.9 Å². The van der Waals surface area contributed by atoms with E-state index in [0.29, 0.717) is 5.56 Å². The van der Waals surface area contributed by atoms with Gasteiger partial charge < -0.3 is 14.3 Å². The molecule has 1 rings (SSSR count). The van der Waals surface area contributed by atoms with Crippen LogP contribution in [0, 0.1) is 0 Å². The number of ether oxygens (including phenoxy) is 1. The number of esters is 1. The molecule has 0 radical (unpaired) electrons. The number of carbonyl (C=O) groups is 2. The molecule has 0 aromatic heterocycles. The second-order valence-corrected chi connectivity index (χ2v) is 13.8. The summed E-state index contributed by atoms with van der Waals surface area (Å²) < 4.78 is 11.5. The monoisotopic (exact) mass is 380 g/mol. The highest BCUT2D eigenvalue weighted by Crippen LogP contribution is 2.37. The summed E-state index contributed by atoms with van der Waals surface area (Å²) >= 11 is 0. The van der Waals surface area contributed by atoms with Gasteiger partial charge in [0.25, 0.3) is 0 Å². The van der Waals surface area contributed by atoms with Crippen molar-refractivity contribution in [1.29, 1.82) is 0 Å². The van der Waals surface area contributed by atoms with Crippen LogP contribution in [-0.2, 0) is 14.3 Å². The summed E-state index contributed by atoms with van der Waals surface area (Å²) in [4.78, 5) is 23.6. The standard InChI is InChI=1S/C20H32O5Si/c1-19(2,3)24-17(21)13-16(18(22)23)14-9-11-15(12-10-14)25-26(7,8)20(4,5)6/h9-12,16H,13H2,1-8H3,(H,22,23). The fourth-order valence-electron chi connectivity index (χ4n) is 2.11. The maximum absolute atomic E-state index is 12.0. The van der Waals surface area contributed by atoms with Crippen LogP contribution >= 0.6 is 0 Å². The first kappa shape index (κ1) is 22.2. The van der Waals surface area contributed by atoms with Crippen molar-refractivity contribution >= 4 is 20.3 Å². The molecule has 0 fully saturated rings. The van der Waals surface area contributed by atoms with Crippen LogP contribution in [0.4, 0.5) is 0 Å². The van der Waals surface area contributed by atoms with Crippen molar-refractivity contribution in [3.05, 3.63) is 29.8 Å². The molecule has 0 spiro atoms. The molecule has 0 aliphatic rings. The summed E-state index contributed by atoms with van der Waals surface area (Å²) in [5, 5.41) is 9.58. The van der Waals surface area contributed by atoms with Gasteiger partial charge in [-0.2, -0.15) is 0 Å². The number of carbonyl (C=O) groups excluding carboxylic acids is 1. The van der Waals surface area contributed by atoms with Gasteiger partial charge in [-0.25, -0.2) is 0 Å². The molecule has 0 saturated carbocycles. The van der Waals surface area contributed by atoms with Crippen molar-refractivity contribution in [2.45, 2.75) is 77.6 Å². The van der Waals surface area contributed by atoms with E-state index in [4.69, 9.17) is 9.16 Å². The molecule has 1 aromatic carbocycles. The highest BCUT2D eigenvalue weighted by molar-refractivity contribution is 6.74. The quantitative estimate of drug-likeness (QED) is 0.557. The minimum Gasteiger partial charge on any atom is -0.544 e. The lowest BCUT2D eigenvalue weighted by atomic mass is 9.96. The molecule has 146 valence electrons. The van der Waals surface area contributed by atoms with Gasteiger partial charge in [0.15, 0.2) is 0 Å². The molecule has 0 amide bonds. The van der Waals surface area contributed by atoms with Crippen LogP contribution < -0.4 is 4.43 Å². The number of hydrogen-bond donors (Lipinski definition) is 1. The van der Waals surface area contributed by atoms with E-state index < -0.39 is 31.8 Å². The molecular formula is C20H32O5Si. The summed E-state index contributed by atoms with van der Waals surface area (Å²) in [6.07, 6.45) is -0.199. The van der Waals surface area contributed by atoms with Crippen LogP contribution in [0.5, 0.6) is 5.75 Å². The molecule has 0 aliphatic heterocycles. The van der Waals surface area contributed by atoms with E-state index in [-0.39, 0.29) is 11.5 Å². The SMILES string of the molecule is CC(C)(C)OC(=O)CC(C(=O)O)c1ccc(O[Si](C)(C)C(C)(C)C)cc1. The molecule has 1 atom stereocenters. The Hall–Kier alpha value is -1.82. The zero-order valence-electron chi connectivity index (χ0n) is 17.2. The Bertz CT molecular complexity index is 636. The van der Waals surface area contributed by atoms with Gasteiger partial charge in [-0.3, -0.25) is 9.59 Å². The van der Waals surface area contributed by atoms with Crippen LogP contribution in [0.15, 0.2) is 24.3 Å². The maximum atomic E-state index is 12.0. The summed E-state index contributed by atoms with van der Waals surface area (Å²) in [5.41, 5.74) is -0.0768. The van der Waals surface area contributed by atoms with Crippen LogP contribution in [0.3, 0.4) is 0 Å². The van der Waals surface area contributed by atoms with Crippen molar-refractivity contribution < 1.29 is 23.9 Å². The molecule has 6 heteroatoms. The zero-order chi connectivity index (χ0) is 20.3. The molecule has 0 bridgehead atoms. The minimum atomic E-state index is -1.96. The maximum Gasteiger partial charge on any atom is 0.311 e. The second kappa shape index (κ2) is 7.82. The van der Waals surface area contributed by atoms with Gasteiger partial charge in [0.05, 0.1) is 12.3 Å². The molecule has 5 nitrogen and oxygen atoms in total. The van der Waals surface area contributed by atoms with E-state index in [9.17, 15) is 14.7 Å². The normalized spacial score (nSPS) is 13.8. The number of carboxylic acid groups (broad SMARTS) is 1. The largest absolute Gasteiger partial charge is 0.544 e. The first-order valence-corrected chi connectivity index (χ1v) is 11.8. The lowest BCUT2D eigenvalue weighted by molar-refractivity contribution is -0.158. The highest BCUT2D eigenvalue weighted by atomic mass is 28.4. The van der Waals surface area contributed by atoms with Gasteiger partial charge in [0, 0.05) is 0 Å². The average Bonchev–Trinajstić information content (AvgIpc) is 2.42. The van der Waals surface area contributed by atoms with E-state index in [1.54, 1.807) is 45.0 Å². The first-order chi connectivity index (χ1) is 11.6. The van der Waals surface area contributed by atoms with Crippen LogP contribution in [0.2, 0.25) is 18.1 Å². The molecule has 1 N–H and O–H groups in total. The highest BCUT2D eigenvalue weighted by Gasteiger charge is 2.39. The predicted molar refractivity (Wildman–Crippen MR) is 105 cm³/mol. The van der Waals surface area contributed by atoms with Crippen LogP contribution in [-0.4, -0.2) is 31.0 Å². The Kier molecular flexibility index (Phi) is 6.68. The Morgan fingerprint density at radius 3 is 1.92 bits per heavy atom. The predicted octanol–water partition coefficient (Wildman–Crippen LogP) is 4.97. The Morgan fingerprint density at radius 1 is 1.04 bits per heavy atom. The molecule has 0 saturated heterocycles. The fraction of sp³-hybridized carbons (Fsp3) is 0.600. The third-order valence-electron chi connectivity index (χ3n) is 4.55. The van der Waals surface area contributed by atoms with Crippen molar-refractivity contribution in [1.82, 2.24) is 0 Å². The van der Waals surface area contributed by atoms with E-state index in [2.05, 4.69) is 33.9 Å². The van der Waals surface area contributed by atoms with Crippen molar-refractivity contribution in [3.63, 3.8) is 0 Å². The average molecular weight is 381 g/mol. The van der Waals surface area contributed by atoms with Crippen molar-refractivity contribution in [2.24, 2.45) is 0 Å². The number of rotatable bonds is 6. The van der Waals surface area contributed by atoms with Crippen LogP contribution in [0.25, 0.3) is 0 Å². The molecule has 1 unspecified atom stereocenters. The topological polar surface area (TPSA) is 72.8 Å². The fourth-order valence-corrected chi connectivity index (χ4v) is 3.15. The number of carboxylic acids is 1.